The average molecular weight is 251 g/mol. The molecule has 0 bridgehead atoms. The van der Waals surface area contributed by atoms with E-state index in [4.69, 9.17) is 0 Å². The fraction of sp³-hybridized carbons (Fsp3) is 0. The molecule has 1 N–H and O–H groups in total. The fourth-order valence-electron chi connectivity index (χ4n) is 1.14. The molecule has 0 aromatic carbocycles. The molecular weight excluding hydrogens is 242 g/mol. The maximum Gasteiger partial charge on any atom is 0.131 e. The van der Waals surface area contributed by atoms with Crippen molar-refractivity contribution in [1.82, 2.24) is 15.0 Å². The number of nitrogens with one attached hydrogen (secondary N) is 1. The summed E-state index contributed by atoms with van der Waals surface area (Å²) in [5.41, 5.74) is 0.909. The van der Waals surface area contributed by atoms with Crippen LogP contribution in [0.3, 0.4) is 0 Å². The second-order valence-corrected chi connectivity index (χ2v) is 5.71. The highest BCUT2D eigenvalue weighted by Gasteiger charge is 2.11. The number of pyridine rings is 1. The third-order valence-electron chi connectivity index (χ3n) is 1.82. The van der Waals surface area contributed by atoms with E-state index in [2.05, 4.69) is 15.0 Å². The first kappa shape index (κ1) is 11.0. The van der Waals surface area contributed by atoms with Crippen molar-refractivity contribution in [2.24, 2.45) is 0 Å². The maximum absolute atomic E-state index is 10.4. The number of H-pyrrole nitrogens is 1. The summed E-state index contributed by atoms with van der Waals surface area (Å²) in [7, 11) is 0.284. The Morgan fingerprint density at radius 3 is 2.62 bits per heavy atom. The third-order valence-corrected chi connectivity index (χ3v) is 4.35. The average Bonchev–Trinajstić information content (AvgIpc) is 2.94. The van der Waals surface area contributed by atoms with Gasteiger partial charge in [-0.1, -0.05) is 6.07 Å². The Labute approximate surface area is 98.1 Å². The van der Waals surface area contributed by atoms with E-state index in [9.17, 15) is 4.21 Å². The van der Waals surface area contributed by atoms with Crippen molar-refractivity contribution in [1.29, 1.82) is 0 Å². The van der Waals surface area contributed by atoms with Gasteiger partial charge in [0.1, 0.15) is 15.3 Å². The van der Waals surface area contributed by atoms with Crippen molar-refractivity contribution in [3.63, 3.8) is 0 Å². The Bertz CT molecular complexity index is 517. The lowest BCUT2D eigenvalue weighted by molar-refractivity contribution is 0.701. The number of rotatable bonds is 0. The Kier molecular flexibility index (Phi) is 3.79. The topological polar surface area (TPSA) is 58.6 Å². The van der Waals surface area contributed by atoms with Crippen LogP contribution in [0.2, 0.25) is 0 Å². The summed E-state index contributed by atoms with van der Waals surface area (Å²) in [5, 5.41) is 2.84. The van der Waals surface area contributed by atoms with Gasteiger partial charge in [0.05, 0.1) is 12.0 Å². The predicted octanol–water partition coefficient (Wildman–Crippen LogP) is 1.58. The Hall–Kier alpha value is -1.53. The van der Waals surface area contributed by atoms with E-state index in [-0.39, 0.29) is 9.45 Å². The first-order chi connectivity index (χ1) is 7.92. The highest BCUT2D eigenvalue weighted by molar-refractivity contribution is 8.33. The molecule has 2 aromatic rings. The van der Waals surface area contributed by atoms with E-state index in [1.807, 2.05) is 29.7 Å². The summed E-state index contributed by atoms with van der Waals surface area (Å²) < 4.78 is 10.4. The van der Waals surface area contributed by atoms with Crippen LogP contribution in [0.4, 0.5) is 0 Å². The van der Waals surface area contributed by atoms with Gasteiger partial charge in [-0.2, -0.15) is 0 Å². The molecule has 0 saturated carbocycles. The van der Waals surface area contributed by atoms with Gasteiger partial charge in [-0.25, -0.2) is 9.19 Å². The van der Waals surface area contributed by atoms with E-state index in [1.54, 1.807) is 18.7 Å². The van der Waals surface area contributed by atoms with Gasteiger partial charge in [0, 0.05) is 12.4 Å². The zero-order valence-corrected chi connectivity index (χ0v) is 9.87. The lowest BCUT2D eigenvalue weighted by Crippen LogP contribution is -1.81. The molecule has 0 radical (unpaired) electrons. The number of aromatic nitrogens is 3. The van der Waals surface area contributed by atoms with E-state index in [1.165, 1.54) is 0 Å². The normalized spacial score (nSPS) is 16.1. The maximum atomic E-state index is 10.4. The SMILES string of the molecule is O=S=S1C=Cc2nc[nH]c21.c1ccncc1. The summed E-state index contributed by atoms with van der Waals surface area (Å²) in [6.07, 6.45) is 6.99. The van der Waals surface area contributed by atoms with Crippen molar-refractivity contribution in [3.8, 4) is 0 Å². The molecule has 16 heavy (non-hydrogen) atoms. The van der Waals surface area contributed by atoms with Crippen LogP contribution in [0.1, 0.15) is 5.69 Å². The molecule has 0 spiro atoms. The van der Waals surface area contributed by atoms with E-state index >= 15 is 0 Å². The van der Waals surface area contributed by atoms with Crippen LogP contribution in [0.25, 0.3) is 6.08 Å². The summed E-state index contributed by atoms with van der Waals surface area (Å²) in [6.45, 7) is 0. The lowest BCUT2D eigenvalue weighted by Gasteiger charge is -1.84. The molecule has 1 aliphatic rings. The van der Waals surface area contributed by atoms with Crippen LogP contribution in [-0.2, 0) is 19.7 Å². The van der Waals surface area contributed by atoms with Gasteiger partial charge in [0.15, 0.2) is 0 Å². The Morgan fingerprint density at radius 1 is 1.25 bits per heavy atom. The molecule has 4 nitrogen and oxygen atoms in total. The number of aromatic amines is 1. The minimum atomic E-state index is -0.316. The van der Waals surface area contributed by atoms with Gasteiger partial charge < -0.3 is 4.98 Å². The molecule has 0 saturated heterocycles. The van der Waals surface area contributed by atoms with Crippen molar-refractivity contribution in [2.75, 3.05) is 0 Å². The molecule has 1 aliphatic heterocycles. The van der Waals surface area contributed by atoms with Gasteiger partial charge in [-0.3, -0.25) is 4.98 Å². The van der Waals surface area contributed by atoms with E-state index in [0.717, 1.165) is 10.7 Å². The Balaban J connectivity index is 0.000000138. The Morgan fingerprint density at radius 2 is 2.06 bits per heavy atom. The zero-order chi connectivity index (χ0) is 11.2. The molecule has 3 rings (SSSR count). The van der Waals surface area contributed by atoms with Crippen molar-refractivity contribution in [2.45, 2.75) is 5.03 Å². The first-order valence-corrected chi connectivity index (χ1v) is 7.06. The van der Waals surface area contributed by atoms with Crippen molar-refractivity contribution in [3.05, 3.63) is 48.0 Å². The zero-order valence-electron chi connectivity index (χ0n) is 8.24. The number of hydrogen-bond donors (Lipinski definition) is 1. The summed E-state index contributed by atoms with van der Waals surface area (Å²) in [5.74, 6) is 0. The molecule has 0 fully saturated rings. The molecule has 3 heterocycles. The summed E-state index contributed by atoms with van der Waals surface area (Å²) in [4.78, 5) is 10.7. The predicted molar refractivity (Wildman–Crippen MR) is 65.6 cm³/mol. The van der Waals surface area contributed by atoms with Crippen molar-refractivity contribution < 1.29 is 4.21 Å². The van der Waals surface area contributed by atoms with Crippen LogP contribution in [0.5, 0.6) is 0 Å². The standard InChI is InChI=1S/C5H4N2OS2.C5H5N/c8-9-10-2-1-4-5(10)7-3-6-4;1-2-4-6-5-3-1/h1-3H,(H,6,7);1-5H. The van der Waals surface area contributed by atoms with Gasteiger partial charge in [0.25, 0.3) is 0 Å². The van der Waals surface area contributed by atoms with Gasteiger partial charge >= 0.3 is 0 Å². The number of imidazole rings is 1. The first-order valence-electron chi connectivity index (χ1n) is 4.52. The number of nitrogens with zero attached hydrogens (tertiary/aromatic N) is 2. The monoisotopic (exact) mass is 251 g/mol. The highest BCUT2D eigenvalue weighted by Crippen LogP contribution is 2.18. The molecule has 6 heteroatoms. The molecule has 82 valence electrons. The fourth-order valence-corrected chi connectivity index (χ4v) is 3.04. The smallest absolute Gasteiger partial charge is 0.131 e. The molecule has 1 atom stereocenters. The van der Waals surface area contributed by atoms with Crippen LogP contribution in [-0.4, -0.2) is 19.2 Å². The van der Waals surface area contributed by atoms with Crippen LogP contribution in [0.15, 0.2) is 47.4 Å². The second kappa shape index (κ2) is 5.53. The largest absolute Gasteiger partial charge is 0.339 e. The number of hydrogen-bond acceptors (Lipinski definition) is 3. The highest BCUT2D eigenvalue weighted by atomic mass is 32.8. The van der Waals surface area contributed by atoms with Crippen LogP contribution in [0, 0.1) is 0 Å². The van der Waals surface area contributed by atoms with E-state index in [0.29, 0.717) is 10.2 Å². The summed E-state index contributed by atoms with van der Waals surface area (Å²) in [6, 6.07) is 5.72. The molecule has 0 amide bonds. The number of fused-ring (bicyclic) bond motifs is 1. The van der Waals surface area contributed by atoms with Gasteiger partial charge in [-0.05, 0) is 33.1 Å². The minimum Gasteiger partial charge on any atom is -0.339 e. The second-order valence-electron chi connectivity index (χ2n) is 2.81. The minimum absolute atomic E-state index is 0.316. The lowest BCUT2D eigenvalue weighted by atomic mass is 10.5. The molecular formula is C10H9N3OS2. The summed E-state index contributed by atoms with van der Waals surface area (Å²) >= 11 is 0. The molecule has 1 unspecified atom stereocenters. The van der Waals surface area contributed by atoms with Crippen molar-refractivity contribution >= 4 is 25.8 Å². The van der Waals surface area contributed by atoms with E-state index < -0.39 is 0 Å². The van der Waals surface area contributed by atoms with Crippen LogP contribution < -0.4 is 0 Å². The third kappa shape index (κ3) is 2.53. The van der Waals surface area contributed by atoms with Crippen LogP contribution >= 0.6 is 0 Å². The molecule has 2 aromatic heterocycles. The van der Waals surface area contributed by atoms with Gasteiger partial charge in [-0.15, -0.1) is 0 Å². The van der Waals surface area contributed by atoms with Gasteiger partial charge in [0.2, 0.25) is 0 Å². The quantitative estimate of drug-likeness (QED) is 0.773. The molecule has 0 aliphatic carbocycles.